The van der Waals surface area contributed by atoms with Crippen molar-refractivity contribution in [1.82, 2.24) is 9.88 Å². The van der Waals surface area contributed by atoms with Crippen LogP contribution in [0.2, 0.25) is 0 Å². The van der Waals surface area contributed by atoms with Gasteiger partial charge in [0.05, 0.1) is 6.04 Å². The van der Waals surface area contributed by atoms with Crippen molar-refractivity contribution in [2.24, 2.45) is 0 Å². The fourth-order valence-electron chi connectivity index (χ4n) is 2.58. The van der Waals surface area contributed by atoms with Gasteiger partial charge in [-0.2, -0.15) is 0 Å². The molecule has 0 saturated carbocycles. The van der Waals surface area contributed by atoms with Crippen LogP contribution < -0.4 is 4.90 Å². The Morgan fingerprint density at radius 2 is 2.24 bits per heavy atom. The van der Waals surface area contributed by atoms with E-state index in [2.05, 4.69) is 9.88 Å². The van der Waals surface area contributed by atoms with Gasteiger partial charge >= 0.3 is 6.09 Å². The quantitative estimate of drug-likeness (QED) is 0.859. The van der Waals surface area contributed by atoms with Gasteiger partial charge in [0.1, 0.15) is 11.4 Å². The Kier molecular flexibility index (Phi) is 4.70. The van der Waals surface area contributed by atoms with Gasteiger partial charge in [0.25, 0.3) is 0 Å². The van der Waals surface area contributed by atoms with Crippen molar-refractivity contribution < 1.29 is 9.53 Å². The molecule has 0 unspecified atom stereocenters. The molecule has 0 radical (unpaired) electrons. The lowest BCUT2D eigenvalue weighted by molar-refractivity contribution is 0.0232. The molecule has 0 N–H and O–H groups in total. The second-order valence-corrected chi connectivity index (χ2v) is 6.54. The SMILES string of the molecule is CN(C[C@H]1CCCN1C(=O)OC(C)(C)C)c1ccccn1. The normalized spacial score (nSPS) is 18.7. The van der Waals surface area contributed by atoms with Crippen LogP contribution in [0, 0.1) is 0 Å². The molecule has 5 heteroatoms. The molecule has 1 aromatic rings. The first-order valence-electron chi connectivity index (χ1n) is 7.48. The molecule has 1 fully saturated rings. The molecular formula is C16H25N3O2. The molecule has 1 atom stereocenters. The molecule has 0 aliphatic carbocycles. The fourth-order valence-corrected chi connectivity index (χ4v) is 2.58. The molecule has 1 aliphatic rings. The van der Waals surface area contributed by atoms with E-state index >= 15 is 0 Å². The van der Waals surface area contributed by atoms with E-state index in [0.29, 0.717) is 0 Å². The van der Waals surface area contributed by atoms with Crippen molar-refractivity contribution in [2.75, 3.05) is 25.0 Å². The minimum atomic E-state index is -0.447. The summed E-state index contributed by atoms with van der Waals surface area (Å²) in [5, 5.41) is 0. The Morgan fingerprint density at radius 1 is 1.48 bits per heavy atom. The summed E-state index contributed by atoms with van der Waals surface area (Å²) in [6.45, 7) is 7.24. The van der Waals surface area contributed by atoms with Crippen LogP contribution >= 0.6 is 0 Å². The average Bonchev–Trinajstić information content (AvgIpc) is 2.86. The summed E-state index contributed by atoms with van der Waals surface area (Å²) in [6.07, 6.45) is 3.61. The Hall–Kier alpha value is -1.78. The number of amides is 1. The zero-order valence-electron chi connectivity index (χ0n) is 13.4. The van der Waals surface area contributed by atoms with Gasteiger partial charge in [-0.3, -0.25) is 0 Å². The van der Waals surface area contributed by atoms with Crippen LogP contribution in [0.3, 0.4) is 0 Å². The summed E-state index contributed by atoms with van der Waals surface area (Å²) in [7, 11) is 2.01. The van der Waals surface area contributed by atoms with Gasteiger partial charge < -0.3 is 14.5 Å². The van der Waals surface area contributed by atoms with Crippen molar-refractivity contribution in [3.05, 3.63) is 24.4 Å². The number of hydrogen-bond donors (Lipinski definition) is 0. The Balaban J connectivity index is 1.97. The molecule has 2 rings (SSSR count). The molecule has 1 amide bonds. The molecule has 116 valence electrons. The third-order valence-corrected chi connectivity index (χ3v) is 3.53. The smallest absolute Gasteiger partial charge is 0.410 e. The number of carbonyl (C=O) groups excluding carboxylic acids is 1. The summed E-state index contributed by atoms with van der Waals surface area (Å²) in [5.74, 6) is 0.925. The summed E-state index contributed by atoms with van der Waals surface area (Å²) in [5.41, 5.74) is -0.447. The lowest BCUT2D eigenvalue weighted by atomic mass is 10.2. The van der Waals surface area contributed by atoms with Crippen LogP contribution in [0.25, 0.3) is 0 Å². The highest BCUT2D eigenvalue weighted by molar-refractivity contribution is 5.69. The number of anilines is 1. The first-order chi connectivity index (χ1) is 9.87. The van der Waals surface area contributed by atoms with E-state index in [4.69, 9.17) is 4.74 Å². The van der Waals surface area contributed by atoms with Crippen LogP contribution in [-0.4, -0.2) is 47.8 Å². The lowest BCUT2D eigenvalue weighted by Crippen LogP contribution is -2.44. The van der Waals surface area contributed by atoms with Gasteiger partial charge in [0.2, 0.25) is 0 Å². The minimum Gasteiger partial charge on any atom is -0.444 e. The van der Waals surface area contributed by atoms with Gasteiger partial charge in [-0.25, -0.2) is 9.78 Å². The number of likely N-dealkylation sites (N-methyl/N-ethyl adjacent to an activating group) is 1. The molecule has 0 spiro atoms. The highest BCUT2D eigenvalue weighted by Gasteiger charge is 2.32. The van der Waals surface area contributed by atoms with E-state index in [-0.39, 0.29) is 12.1 Å². The zero-order valence-corrected chi connectivity index (χ0v) is 13.4. The van der Waals surface area contributed by atoms with Crippen LogP contribution in [0.1, 0.15) is 33.6 Å². The van der Waals surface area contributed by atoms with E-state index in [9.17, 15) is 4.79 Å². The number of aromatic nitrogens is 1. The minimum absolute atomic E-state index is 0.187. The Morgan fingerprint density at radius 3 is 2.86 bits per heavy atom. The number of ether oxygens (including phenoxy) is 1. The molecule has 21 heavy (non-hydrogen) atoms. The average molecular weight is 291 g/mol. The lowest BCUT2D eigenvalue weighted by Gasteiger charge is -2.31. The van der Waals surface area contributed by atoms with Gasteiger partial charge in [-0.05, 0) is 45.7 Å². The van der Waals surface area contributed by atoms with E-state index in [1.54, 1.807) is 6.20 Å². The third kappa shape index (κ3) is 4.34. The third-order valence-electron chi connectivity index (χ3n) is 3.53. The number of nitrogens with zero attached hydrogens (tertiary/aromatic N) is 3. The van der Waals surface area contributed by atoms with Crippen molar-refractivity contribution >= 4 is 11.9 Å². The van der Waals surface area contributed by atoms with Crippen LogP contribution in [0.15, 0.2) is 24.4 Å². The van der Waals surface area contributed by atoms with Gasteiger partial charge in [-0.1, -0.05) is 6.07 Å². The van der Waals surface area contributed by atoms with Gasteiger partial charge in [-0.15, -0.1) is 0 Å². The molecule has 0 aromatic carbocycles. The zero-order chi connectivity index (χ0) is 15.5. The fraction of sp³-hybridized carbons (Fsp3) is 0.625. The van der Waals surface area contributed by atoms with E-state index in [1.807, 2.05) is 50.9 Å². The largest absolute Gasteiger partial charge is 0.444 e. The summed E-state index contributed by atoms with van der Waals surface area (Å²) < 4.78 is 5.49. The second kappa shape index (κ2) is 6.33. The standard InChI is InChI=1S/C16H25N3O2/c1-16(2,3)21-15(20)19-11-7-8-13(19)12-18(4)14-9-5-6-10-17-14/h5-6,9-10,13H,7-8,11-12H2,1-4H3/t13-/m1/s1. The van der Waals surface area contributed by atoms with Crippen molar-refractivity contribution in [3.8, 4) is 0 Å². The first-order valence-corrected chi connectivity index (χ1v) is 7.48. The van der Waals surface area contributed by atoms with Crippen molar-refractivity contribution in [1.29, 1.82) is 0 Å². The second-order valence-electron chi connectivity index (χ2n) is 6.54. The van der Waals surface area contributed by atoms with Crippen LogP contribution in [-0.2, 0) is 4.74 Å². The van der Waals surface area contributed by atoms with Crippen LogP contribution in [0.5, 0.6) is 0 Å². The molecule has 1 aliphatic heterocycles. The maximum absolute atomic E-state index is 12.3. The Bertz CT molecular complexity index is 470. The monoisotopic (exact) mass is 291 g/mol. The Labute approximate surface area is 126 Å². The predicted molar refractivity (Wildman–Crippen MR) is 83.5 cm³/mol. The molecule has 0 bridgehead atoms. The number of pyridine rings is 1. The number of likely N-dealkylation sites (tertiary alicyclic amines) is 1. The van der Waals surface area contributed by atoms with Crippen LogP contribution in [0.4, 0.5) is 10.6 Å². The molecular weight excluding hydrogens is 266 g/mol. The van der Waals surface area contributed by atoms with E-state index < -0.39 is 5.60 Å². The van der Waals surface area contributed by atoms with Gasteiger partial charge in [0, 0.05) is 26.3 Å². The molecule has 1 aromatic heterocycles. The topological polar surface area (TPSA) is 45.7 Å². The maximum Gasteiger partial charge on any atom is 0.410 e. The highest BCUT2D eigenvalue weighted by Crippen LogP contribution is 2.22. The maximum atomic E-state index is 12.3. The number of hydrogen-bond acceptors (Lipinski definition) is 4. The number of carbonyl (C=O) groups is 1. The number of rotatable bonds is 3. The summed E-state index contributed by atoms with van der Waals surface area (Å²) in [4.78, 5) is 20.5. The molecule has 1 saturated heterocycles. The molecule has 5 nitrogen and oxygen atoms in total. The van der Waals surface area contributed by atoms with E-state index in [0.717, 1.165) is 31.7 Å². The summed E-state index contributed by atoms with van der Waals surface area (Å²) in [6, 6.07) is 6.04. The van der Waals surface area contributed by atoms with E-state index in [1.165, 1.54) is 0 Å². The van der Waals surface area contributed by atoms with Gasteiger partial charge in [0.15, 0.2) is 0 Å². The van der Waals surface area contributed by atoms with Crippen molar-refractivity contribution in [2.45, 2.75) is 45.3 Å². The first kappa shape index (κ1) is 15.6. The highest BCUT2D eigenvalue weighted by atomic mass is 16.6. The summed E-state index contributed by atoms with van der Waals surface area (Å²) >= 11 is 0. The molecule has 2 heterocycles. The predicted octanol–water partition coefficient (Wildman–Crippen LogP) is 2.92. The van der Waals surface area contributed by atoms with Crippen molar-refractivity contribution in [3.63, 3.8) is 0 Å².